The molecule has 2 aromatic rings. The number of hydrogen-bond acceptors (Lipinski definition) is 3. The first-order valence-corrected chi connectivity index (χ1v) is 9.39. The molecule has 0 aliphatic carbocycles. The van der Waals surface area contributed by atoms with Crippen molar-refractivity contribution < 1.29 is 9.53 Å². The molecule has 0 aliphatic rings. The third-order valence-electron chi connectivity index (χ3n) is 4.20. The van der Waals surface area contributed by atoms with Crippen LogP contribution in [0.3, 0.4) is 0 Å². The summed E-state index contributed by atoms with van der Waals surface area (Å²) in [5, 5.41) is 3.08. The van der Waals surface area contributed by atoms with Crippen LogP contribution in [0.5, 0.6) is 11.5 Å². The molecule has 2 aromatic carbocycles. The first-order valence-electron chi connectivity index (χ1n) is 9.39. The molecule has 0 unspecified atom stereocenters. The van der Waals surface area contributed by atoms with Crippen LogP contribution in [0.15, 0.2) is 42.5 Å². The van der Waals surface area contributed by atoms with E-state index < -0.39 is 0 Å². The molecule has 4 heteroatoms. The Balaban J connectivity index is 2.06. The smallest absolute Gasteiger partial charge is 0.238 e. The maximum Gasteiger partial charge on any atom is 0.238 e. The average Bonchev–Trinajstić information content (AvgIpc) is 2.59. The Labute approximate surface area is 157 Å². The lowest BCUT2D eigenvalue weighted by atomic mass is 10.1. The Kier molecular flexibility index (Phi) is 7.67. The van der Waals surface area contributed by atoms with E-state index in [2.05, 4.69) is 24.1 Å². The number of nitrogens with one attached hydrogen (secondary N) is 1. The fraction of sp³-hybridized carbons (Fsp3) is 0.409. The predicted octanol–water partition coefficient (Wildman–Crippen LogP) is 5.16. The molecule has 26 heavy (non-hydrogen) atoms. The summed E-state index contributed by atoms with van der Waals surface area (Å²) < 4.78 is 5.91. The summed E-state index contributed by atoms with van der Waals surface area (Å²) in [5.74, 6) is 1.62. The lowest BCUT2D eigenvalue weighted by Crippen LogP contribution is -2.34. The second-order valence-corrected chi connectivity index (χ2v) is 6.67. The van der Waals surface area contributed by atoms with E-state index in [9.17, 15) is 4.79 Å². The van der Waals surface area contributed by atoms with Gasteiger partial charge in [-0.15, -0.1) is 0 Å². The minimum absolute atomic E-state index is 0.0369. The van der Waals surface area contributed by atoms with Gasteiger partial charge in [-0.2, -0.15) is 0 Å². The van der Waals surface area contributed by atoms with Crippen LogP contribution in [-0.4, -0.2) is 30.4 Å². The van der Waals surface area contributed by atoms with Gasteiger partial charge in [0.05, 0.1) is 6.54 Å². The summed E-state index contributed by atoms with van der Waals surface area (Å²) >= 11 is 0. The normalized spacial score (nSPS) is 10.8. The minimum atomic E-state index is 0.0369. The highest BCUT2D eigenvalue weighted by Crippen LogP contribution is 2.29. The van der Waals surface area contributed by atoms with Crippen molar-refractivity contribution in [3.63, 3.8) is 0 Å². The van der Waals surface area contributed by atoms with Gasteiger partial charge in [0.25, 0.3) is 0 Å². The first kappa shape index (κ1) is 20.0. The zero-order valence-corrected chi connectivity index (χ0v) is 16.3. The van der Waals surface area contributed by atoms with E-state index in [4.69, 9.17) is 4.74 Å². The molecule has 0 spiro atoms. The summed E-state index contributed by atoms with van der Waals surface area (Å²) in [7, 11) is 0. The molecule has 0 aromatic heterocycles. The van der Waals surface area contributed by atoms with Crippen molar-refractivity contribution in [2.75, 3.05) is 25.0 Å². The number of carbonyl (C=O) groups excluding carboxylic acids is 1. The number of ether oxygens (including phenoxy) is 1. The van der Waals surface area contributed by atoms with Crippen molar-refractivity contribution >= 4 is 11.6 Å². The standard InChI is InChI=1S/C22H30N2O2/c1-5-12-24(13-6-2)16-21(25)23-22-17(3)14-20(15-18(22)4)26-19-10-8-7-9-11-19/h7-11,14-15H,5-6,12-13,16H2,1-4H3,(H,23,25). The molecule has 0 saturated carbocycles. The molecule has 0 fully saturated rings. The molecule has 0 bridgehead atoms. The second kappa shape index (κ2) is 9.97. The fourth-order valence-electron chi connectivity index (χ4n) is 3.09. The second-order valence-electron chi connectivity index (χ2n) is 6.67. The van der Waals surface area contributed by atoms with Crippen LogP contribution in [0.2, 0.25) is 0 Å². The molecule has 1 amide bonds. The molecular formula is C22H30N2O2. The molecule has 0 heterocycles. The number of para-hydroxylation sites is 1. The van der Waals surface area contributed by atoms with E-state index in [0.717, 1.165) is 54.2 Å². The summed E-state index contributed by atoms with van der Waals surface area (Å²) in [4.78, 5) is 14.7. The maximum atomic E-state index is 12.5. The Morgan fingerprint density at radius 3 is 2.08 bits per heavy atom. The number of anilines is 1. The number of amides is 1. The zero-order valence-electron chi connectivity index (χ0n) is 16.3. The number of aryl methyl sites for hydroxylation is 2. The van der Waals surface area contributed by atoms with Gasteiger partial charge in [-0.3, -0.25) is 9.69 Å². The number of nitrogens with zero attached hydrogens (tertiary/aromatic N) is 1. The number of hydrogen-bond donors (Lipinski definition) is 1. The van der Waals surface area contributed by atoms with Crippen molar-refractivity contribution in [2.45, 2.75) is 40.5 Å². The van der Waals surface area contributed by atoms with Crippen molar-refractivity contribution in [2.24, 2.45) is 0 Å². The van der Waals surface area contributed by atoms with Crippen LogP contribution in [0.1, 0.15) is 37.8 Å². The quantitative estimate of drug-likeness (QED) is 0.676. The molecule has 0 atom stereocenters. The molecule has 0 radical (unpaired) electrons. The summed E-state index contributed by atoms with van der Waals surface area (Å²) in [6.45, 7) is 10.6. The Morgan fingerprint density at radius 2 is 1.54 bits per heavy atom. The van der Waals surface area contributed by atoms with Gasteiger partial charge in [-0.05, 0) is 75.2 Å². The van der Waals surface area contributed by atoms with Crippen LogP contribution in [0.4, 0.5) is 5.69 Å². The van der Waals surface area contributed by atoms with Crippen LogP contribution >= 0.6 is 0 Å². The fourth-order valence-corrected chi connectivity index (χ4v) is 3.09. The Hall–Kier alpha value is -2.33. The highest BCUT2D eigenvalue weighted by atomic mass is 16.5. The third kappa shape index (κ3) is 5.88. The first-order chi connectivity index (χ1) is 12.5. The SMILES string of the molecule is CCCN(CCC)CC(=O)Nc1c(C)cc(Oc2ccccc2)cc1C. The molecule has 0 aliphatic heterocycles. The van der Waals surface area contributed by atoms with Gasteiger partial charge in [0.1, 0.15) is 11.5 Å². The third-order valence-corrected chi connectivity index (χ3v) is 4.20. The Bertz CT molecular complexity index is 684. The van der Waals surface area contributed by atoms with Crippen LogP contribution < -0.4 is 10.1 Å². The molecular weight excluding hydrogens is 324 g/mol. The highest BCUT2D eigenvalue weighted by molar-refractivity contribution is 5.93. The topological polar surface area (TPSA) is 41.6 Å². The molecule has 2 rings (SSSR count). The molecule has 140 valence electrons. The van der Waals surface area contributed by atoms with Gasteiger partial charge in [0, 0.05) is 5.69 Å². The largest absolute Gasteiger partial charge is 0.457 e. The predicted molar refractivity (Wildman–Crippen MR) is 108 cm³/mol. The maximum absolute atomic E-state index is 12.5. The van der Waals surface area contributed by atoms with Crippen molar-refractivity contribution in [3.8, 4) is 11.5 Å². The number of benzene rings is 2. The van der Waals surface area contributed by atoms with Crippen molar-refractivity contribution in [1.82, 2.24) is 4.90 Å². The van der Waals surface area contributed by atoms with E-state index in [1.165, 1.54) is 0 Å². The van der Waals surface area contributed by atoms with E-state index in [0.29, 0.717) is 6.54 Å². The molecule has 4 nitrogen and oxygen atoms in total. The van der Waals surface area contributed by atoms with Gasteiger partial charge < -0.3 is 10.1 Å². The van der Waals surface area contributed by atoms with E-state index in [1.807, 2.05) is 56.3 Å². The minimum Gasteiger partial charge on any atom is -0.457 e. The summed E-state index contributed by atoms with van der Waals surface area (Å²) in [6, 6.07) is 13.6. The van der Waals surface area contributed by atoms with Gasteiger partial charge >= 0.3 is 0 Å². The lowest BCUT2D eigenvalue weighted by molar-refractivity contribution is -0.117. The summed E-state index contributed by atoms with van der Waals surface area (Å²) in [6.07, 6.45) is 2.10. The zero-order chi connectivity index (χ0) is 18.9. The van der Waals surface area contributed by atoms with Gasteiger partial charge in [0.15, 0.2) is 0 Å². The van der Waals surface area contributed by atoms with Crippen LogP contribution in [0, 0.1) is 13.8 Å². The summed E-state index contributed by atoms with van der Waals surface area (Å²) in [5.41, 5.74) is 2.88. The van der Waals surface area contributed by atoms with E-state index in [-0.39, 0.29) is 5.91 Å². The van der Waals surface area contributed by atoms with E-state index in [1.54, 1.807) is 0 Å². The molecule has 1 N–H and O–H groups in total. The van der Waals surface area contributed by atoms with Gasteiger partial charge in [-0.1, -0.05) is 32.0 Å². The lowest BCUT2D eigenvalue weighted by Gasteiger charge is -2.21. The Morgan fingerprint density at radius 1 is 0.962 bits per heavy atom. The molecule has 0 saturated heterocycles. The average molecular weight is 354 g/mol. The number of carbonyl (C=O) groups is 1. The van der Waals surface area contributed by atoms with E-state index >= 15 is 0 Å². The van der Waals surface area contributed by atoms with Crippen molar-refractivity contribution in [3.05, 3.63) is 53.6 Å². The van der Waals surface area contributed by atoms with Gasteiger partial charge in [-0.25, -0.2) is 0 Å². The highest BCUT2D eigenvalue weighted by Gasteiger charge is 2.13. The van der Waals surface area contributed by atoms with Crippen LogP contribution in [-0.2, 0) is 4.79 Å². The van der Waals surface area contributed by atoms with Crippen LogP contribution in [0.25, 0.3) is 0 Å². The van der Waals surface area contributed by atoms with Gasteiger partial charge in [0.2, 0.25) is 5.91 Å². The monoisotopic (exact) mass is 354 g/mol. The van der Waals surface area contributed by atoms with Crippen molar-refractivity contribution in [1.29, 1.82) is 0 Å². The number of rotatable bonds is 9.